The average Bonchev–Trinajstić information content (AvgIpc) is 3.33. The zero-order valence-corrected chi connectivity index (χ0v) is 22.0. The van der Waals surface area contributed by atoms with E-state index in [0.29, 0.717) is 0 Å². The molecule has 0 spiro atoms. The van der Waals surface area contributed by atoms with Gasteiger partial charge in [0.1, 0.15) is 0 Å². The molecule has 0 unspecified atom stereocenters. The van der Waals surface area contributed by atoms with Crippen molar-refractivity contribution in [2.24, 2.45) is 0 Å². The number of nitrogens with one attached hydrogen (secondary N) is 1. The topological polar surface area (TPSA) is 36.3 Å². The van der Waals surface area contributed by atoms with E-state index < -0.39 is 0 Å². The molecule has 1 saturated heterocycles. The fourth-order valence-electron chi connectivity index (χ4n) is 5.00. The summed E-state index contributed by atoms with van der Waals surface area (Å²) in [7, 11) is 0. The van der Waals surface area contributed by atoms with E-state index in [1.54, 1.807) is 0 Å². The van der Waals surface area contributed by atoms with Gasteiger partial charge in [-0.15, -0.1) is 0 Å². The van der Waals surface area contributed by atoms with Crippen LogP contribution in [0.5, 0.6) is 0 Å². The number of aromatic nitrogens is 2. The van der Waals surface area contributed by atoms with Gasteiger partial charge in [0.2, 0.25) is 0 Å². The molecule has 0 amide bonds. The lowest BCUT2D eigenvalue weighted by molar-refractivity contribution is 0.257. The fraction of sp³-hybridized carbons (Fsp3) is 0.464. The average molecular weight is 480 g/mol. The molecule has 4 rings (SSSR count). The standard InChI is InChI=1S/C28H38ClN5/c1-21-8-6-9-25(22(21)2)33-16-14-32(15-17-33)13-11-30-20-23-18-24(29)19-26(27(23)28(3,4)5)34-12-7-10-31-34/h6-10,12,18-19,30H,11,13-17,20H2,1-5H3. The first-order valence-corrected chi connectivity index (χ1v) is 12.7. The van der Waals surface area contributed by atoms with Crippen LogP contribution in [-0.2, 0) is 12.0 Å². The molecular formula is C28H38ClN5. The maximum Gasteiger partial charge on any atom is 0.0700 e. The third-order valence-corrected chi connectivity index (χ3v) is 7.09. The molecule has 0 aliphatic carbocycles. The second-order valence-electron chi connectivity index (χ2n) is 10.4. The number of anilines is 1. The number of rotatable bonds is 7. The summed E-state index contributed by atoms with van der Waals surface area (Å²) in [6.45, 7) is 18.4. The van der Waals surface area contributed by atoms with Gasteiger partial charge in [-0.25, -0.2) is 4.68 Å². The summed E-state index contributed by atoms with van der Waals surface area (Å²) in [5, 5.41) is 8.89. The van der Waals surface area contributed by atoms with Gasteiger partial charge >= 0.3 is 0 Å². The zero-order valence-electron chi connectivity index (χ0n) is 21.2. The highest BCUT2D eigenvalue weighted by molar-refractivity contribution is 6.30. The molecule has 0 atom stereocenters. The van der Waals surface area contributed by atoms with Crippen molar-refractivity contribution in [1.29, 1.82) is 0 Å². The molecule has 1 aliphatic heterocycles. The van der Waals surface area contributed by atoms with Crippen LogP contribution in [0.4, 0.5) is 5.69 Å². The second-order valence-corrected chi connectivity index (χ2v) is 10.8. The van der Waals surface area contributed by atoms with E-state index >= 15 is 0 Å². The molecule has 5 nitrogen and oxygen atoms in total. The maximum atomic E-state index is 6.53. The number of benzene rings is 2. The van der Waals surface area contributed by atoms with E-state index in [-0.39, 0.29) is 5.41 Å². The van der Waals surface area contributed by atoms with Crippen molar-refractivity contribution >= 4 is 17.3 Å². The Kier molecular flexibility index (Phi) is 7.66. The summed E-state index contributed by atoms with van der Waals surface area (Å²) in [6.07, 6.45) is 3.79. The molecule has 0 radical (unpaired) electrons. The van der Waals surface area contributed by atoms with Gasteiger partial charge in [0.25, 0.3) is 0 Å². The summed E-state index contributed by atoms with van der Waals surface area (Å²) < 4.78 is 1.92. The van der Waals surface area contributed by atoms with Gasteiger partial charge < -0.3 is 10.2 Å². The summed E-state index contributed by atoms with van der Waals surface area (Å²) in [4.78, 5) is 5.09. The Labute approximate surface area is 209 Å². The molecule has 1 aromatic heterocycles. The predicted molar refractivity (Wildman–Crippen MR) is 144 cm³/mol. The van der Waals surface area contributed by atoms with Gasteiger partial charge in [-0.2, -0.15) is 5.10 Å². The third kappa shape index (κ3) is 5.65. The van der Waals surface area contributed by atoms with E-state index in [4.69, 9.17) is 11.6 Å². The summed E-state index contributed by atoms with van der Waals surface area (Å²) in [6, 6.07) is 12.7. The monoisotopic (exact) mass is 479 g/mol. The number of aryl methyl sites for hydroxylation is 1. The van der Waals surface area contributed by atoms with Crippen LogP contribution >= 0.6 is 11.6 Å². The van der Waals surface area contributed by atoms with E-state index in [2.05, 4.69) is 79.1 Å². The Balaban J connectivity index is 1.34. The van der Waals surface area contributed by atoms with Crippen molar-refractivity contribution in [1.82, 2.24) is 20.0 Å². The first-order valence-electron chi connectivity index (χ1n) is 12.3. The lowest BCUT2D eigenvalue weighted by Gasteiger charge is -2.37. The van der Waals surface area contributed by atoms with Gasteiger partial charge in [-0.1, -0.05) is 44.5 Å². The molecule has 6 heteroatoms. The Bertz CT molecular complexity index is 1090. The van der Waals surface area contributed by atoms with Crippen molar-refractivity contribution in [2.45, 2.75) is 46.6 Å². The van der Waals surface area contributed by atoms with Crippen LogP contribution in [0.2, 0.25) is 5.02 Å². The van der Waals surface area contributed by atoms with Crippen LogP contribution in [0.25, 0.3) is 5.69 Å². The lowest BCUT2D eigenvalue weighted by Crippen LogP contribution is -2.48. The van der Waals surface area contributed by atoms with E-state index in [1.165, 1.54) is 27.9 Å². The van der Waals surface area contributed by atoms with Crippen LogP contribution in [0.15, 0.2) is 48.8 Å². The van der Waals surface area contributed by atoms with Gasteiger partial charge in [-0.3, -0.25) is 4.90 Å². The summed E-state index contributed by atoms with van der Waals surface area (Å²) in [5.41, 5.74) is 7.73. The number of nitrogens with zero attached hydrogens (tertiary/aromatic N) is 4. The number of halogens is 1. The minimum atomic E-state index is -0.0207. The van der Waals surface area contributed by atoms with E-state index in [0.717, 1.165) is 56.5 Å². The molecule has 2 heterocycles. The smallest absolute Gasteiger partial charge is 0.0700 e. The minimum Gasteiger partial charge on any atom is -0.369 e. The van der Waals surface area contributed by atoms with Gasteiger partial charge in [-0.05, 0) is 65.8 Å². The summed E-state index contributed by atoms with van der Waals surface area (Å²) >= 11 is 6.53. The molecule has 1 fully saturated rings. The maximum absolute atomic E-state index is 6.53. The van der Waals surface area contributed by atoms with Gasteiger partial charge in [0.05, 0.1) is 5.69 Å². The Hall–Kier alpha value is -2.34. The molecule has 0 bridgehead atoms. The zero-order chi connectivity index (χ0) is 24.3. The molecule has 34 heavy (non-hydrogen) atoms. The van der Waals surface area contributed by atoms with Crippen LogP contribution < -0.4 is 10.2 Å². The molecule has 1 N–H and O–H groups in total. The molecular weight excluding hydrogens is 442 g/mol. The van der Waals surface area contributed by atoms with Crippen molar-refractivity contribution < 1.29 is 0 Å². The normalized spacial score (nSPS) is 15.2. The highest BCUT2D eigenvalue weighted by atomic mass is 35.5. The van der Waals surface area contributed by atoms with Crippen LogP contribution in [-0.4, -0.2) is 53.9 Å². The van der Waals surface area contributed by atoms with Crippen molar-refractivity contribution in [3.63, 3.8) is 0 Å². The molecule has 3 aromatic rings. The minimum absolute atomic E-state index is 0.0207. The van der Waals surface area contributed by atoms with Crippen molar-refractivity contribution in [3.05, 3.63) is 76.1 Å². The van der Waals surface area contributed by atoms with E-state index in [9.17, 15) is 0 Å². The summed E-state index contributed by atoms with van der Waals surface area (Å²) in [5.74, 6) is 0. The lowest BCUT2D eigenvalue weighted by atomic mass is 9.82. The van der Waals surface area contributed by atoms with Gasteiger partial charge in [0, 0.05) is 68.9 Å². The van der Waals surface area contributed by atoms with Gasteiger partial charge in [0.15, 0.2) is 0 Å². The third-order valence-electron chi connectivity index (χ3n) is 6.87. The quantitative estimate of drug-likeness (QED) is 0.463. The number of hydrogen-bond donors (Lipinski definition) is 1. The van der Waals surface area contributed by atoms with Crippen molar-refractivity contribution in [3.8, 4) is 5.69 Å². The SMILES string of the molecule is Cc1cccc(N2CCN(CCNCc3cc(Cl)cc(-n4cccn4)c3C(C)(C)C)CC2)c1C. The molecule has 0 saturated carbocycles. The molecule has 182 valence electrons. The highest BCUT2D eigenvalue weighted by Crippen LogP contribution is 2.34. The van der Waals surface area contributed by atoms with Crippen LogP contribution in [0.3, 0.4) is 0 Å². The Morgan fingerprint density at radius 3 is 2.44 bits per heavy atom. The second kappa shape index (κ2) is 10.5. The number of piperazine rings is 1. The Morgan fingerprint density at radius 1 is 1.00 bits per heavy atom. The molecule has 2 aromatic carbocycles. The van der Waals surface area contributed by atoms with Crippen LogP contribution in [0.1, 0.15) is 43.0 Å². The first kappa shape index (κ1) is 24.8. The van der Waals surface area contributed by atoms with Crippen molar-refractivity contribution in [2.75, 3.05) is 44.2 Å². The van der Waals surface area contributed by atoms with E-state index in [1.807, 2.05) is 29.2 Å². The first-order chi connectivity index (χ1) is 16.2. The number of hydrogen-bond acceptors (Lipinski definition) is 4. The predicted octanol–water partition coefficient (Wildman–Crippen LogP) is 5.35. The highest BCUT2D eigenvalue weighted by Gasteiger charge is 2.24. The van der Waals surface area contributed by atoms with Crippen LogP contribution in [0, 0.1) is 13.8 Å². The Morgan fingerprint density at radius 2 is 1.76 bits per heavy atom. The fourth-order valence-corrected chi connectivity index (χ4v) is 5.23. The molecule has 1 aliphatic rings. The largest absolute Gasteiger partial charge is 0.369 e.